The van der Waals surface area contributed by atoms with Crippen LogP contribution in [0.15, 0.2) is 51.7 Å². The van der Waals surface area contributed by atoms with Crippen molar-refractivity contribution >= 4 is 22.9 Å². The average molecular weight is 478 g/mol. The monoisotopic (exact) mass is 478 g/mol. The minimum Gasteiger partial charge on any atom is -0.462 e. The molecule has 0 aliphatic heterocycles. The summed E-state index contributed by atoms with van der Waals surface area (Å²) in [5, 5.41) is -0.202. The largest absolute Gasteiger partial charge is 0.462 e. The first-order valence-electron chi connectivity index (χ1n) is 10.4. The highest BCUT2D eigenvalue weighted by Gasteiger charge is 2.40. The number of hydrogen-bond donors (Lipinski definition) is 0. The maximum Gasteiger partial charge on any atom is 0.453 e. The van der Waals surface area contributed by atoms with Crippen LogP contribution in [0.4, 0.5) is 13.2 Å². The summed E-state index contributed by atoms with van der Waals surface area (Å²) in [7, 11) is 0. The van der Waals surface area contributed by atoms with Crippen LogP contribution in [0.25, 0.3) is 11.0 Å². The van der Waals surface area contributed by atoms with E-state index in [4.69, 9.17) is 18.6 Å². The Morgan fingerprint density at radius 1 is 1.03 bits per heavy atom. The van der Waals surface area contributed by atoms with Gasteiger partial charge in [0.1, 0.15) is 17.1 Å². The highest BCUT2D eigenvalue weighted by Crippen LogP contribution is 2.38. The van der Waals surface area contributed by atoms with Gasteiger partial charge in [0.05, 0.1) is 23.5 Å². The fourth-order valence-electron chi connectivity index (χ4n) is 2.79. The Hall–Kier alpha value is -3.82. The molecule has 0 saturated carbocycles. The Bertz CT molecular complexity index is 1260. The number of benzene rings is 2. The molecule has 1 heterocycles. The fraction of sp³-hybridized carbons (Fsp3) is 0.292. The molecule has 0 unspecified atom stereocenters. The number of halogens is 3. The zero-order valence-corrected chi connectivity index (χ0v) is 18.5. The molecule has 0 N–H and O–H groups in total. The van der Waals surface area contributed by atoms with Gasteiger partial charge in [0.2, 0.25) is 11.2 Å². The molecule has 180 valence electrons. The topological polar surface area (TPSA) is 92.0 Å². The fourth-order valence-corrected chi connectivity index (χ4v) is 2.79. The smallest absolute Gasteiger partial charge is 0.453 e. The minimum atomic E-state index is -5.06. The number of fused-ring (bicyclic) bond motifs is 1. The Balaban J connectivity index is 2.00. The molecular weight excluding hydrogens is 457 g/mol. The van der Waals surface area contributed by atoms with E-state index in [1.807, 2.05) is 6.92 Å². The van der Waals surface area contributed by atoms with E-state index >= 15 is 0 Å². The molecule has 0 atom stereocenters. The number of ether oxygens (including phenoxy) is 3. The first kappa shape index (κ1) is 24.8. The summed E-state index contributed by atoms with van der Waals surface area (Å²) in [6.07, 6.45) is -4.43. The highest BCUT2D eigenvalue weighted by atomic mass is 19.4. The second-order valence-electron chi connectivity index (χ2n) is 7.58. The zero-order valence-electron chi connectivity index (χ0n) is 18.5. The summed E-state index contributed by atoms with van der Waals surface area (Å²) < 4.78 is 61.4. The molecule has 7 nitrogen and oxygen atoms in total. The molecule has 0 bridgehead atoms. The molecule has 3 rings (SSSR count). The van der Waals surface area contributed by atoms with Gasteiger partial charge < -0.3 is 18.6 Å². The zero-order chi connectivity index (χ0) is 25.0. The molecule has 0 spiro atoms. The van der Waals surface area contributed by atoms with Crippen LogP contribution in [0.5, 0.6) is 17.2 Å². The Kier molecular flexibility index (Phi) is 7.29. The summed E-state index contributed by atoms with van der Waals surface area (Å²) in [5.41, 5.74) is -1.32. The van der Waals surface area contributed by atoms with Crippen LogP contribution in [0.1, 0.15) is 43.3 Å². The molecule has 2 aromatic carbocycles. The number of alkyl halides is 3. The minimum absolute atomic E-state index is 0.0679. The first-order valence-corrected chi connectivity index (χ1v) is 10.4. The van der Waals surface area contributed by atoms with Crippen LogP contribution in [0, 0.1) is 5.92 Å². The normalized spacial score (nSPS) is 11.5. The van der Waals surface area contributed by atoms with Gasteiger partial charge in [0, 0.05) is 6.07 Å². The maximum atomic E-state index is 13.7. The third-order valence-electron chi connectivity index (χ3n) is 4.52. The molecule has 34 heavy (non-hydrogen) atoms. The van der Waals surface area contributed by atoms with Gasteiger partial charge in [0.15, 0.2) is 0 Å². The van der Waals surface area contributed by atoms with E-state index in [0.29, 0.717) is 6.42 Å². The average Bonchev–Trinajstić information content (AvgIpc) is 2.78. The molecule has 0 saturated heterocycles. The van der Waals surface area contributed by atoms with Crippen molar-refractivity contribution in [1.82, 2.24) is 0 Å². The summed E-state index contributed by atoms with van der Waals surface area (Å²) >= 11 is 0. The van der Waals surface area contributed by atoms with Crippen LogP contribution >= 0.6 is 0 Å². The predicted octanol–water partition coefficient (Wildman–Crippen LogP) is 5.73. The van der Waals surface area contributed by atoms with Gasteiger partial charge in [-0.15, -0.1) is 0 Å². The van der Waals surface area contributed by atoms with Gasteiger partial charge in [0.25, 0.3) is 5.76 Å². The predicted molar refractivity (Wildman–Crippen MR) is 115 cm³/mol. The van der Waals surface area contributed by atoms with Gasteiger partial charge >= 0.3 is 18.1 Å². The SMILES string of the molecule is CCCOC(=O)c1ccc(Oc2c(C(F)(F)F)oc3cc(OC(=O)C(C)C)ccc3c2=O)cc1. The number of rotatable bonds is 7. The molecule has 0 aliphatic rings. The van der Waals surface area contributed by atoms with Crippen molar-refractivity contribution in [2.24, 2.45) is 5.92 Å². The molecule has 0 fully saturated rings. The van der Waals surface area contributed by atoms with Crippen molar-refractivity contribution in [2.45, 2.75) is 33.4 Å². The second kappa shape index (κ2) is 9.98. The van der Waals surface area contributed by atoms with Crippen LogP contribution < -0.4 is 14.9 Å². The Morgan fingerprint density at radius 3 is 2.26 bits per heavy atom. The van der Waals surface area contributed by atoms with Crippen LogP contribution in [-0.4, -0.2) is 18.5 Å². The van der Waals surface area contributed by atoms with E-state index in [-0.39, 0.29) is 29.1 Å². The summed E-state index contributed by atoms with van der Waals surface area (Å²) in [4.78, 5) is 36.5. The van der Waals surface area contributed by atoms with E-state index in [9.17, 15) is 27.6 Å². The Labute approximate surface area is 192 Å². The molecule has 0 aliphatic carbocycles. The summed E-state index contributed by atoms with van der Waals surface area (Å²) in [6.45, 7) is 5.24. The first-order chi connectivity index (χ1) is 16.0. The van der Waals surface area contributed by atoms with Gasteiger partial charge in [-0.3, -0.25) is 9.59 Å². The van der Waals surface area contributed by atoms with Crippen LogP contribution in [0.3, 0.4) is 0 Å². The molecule has 0 radical (unpaired) electrons. The van der Waals surface area contributed by atoms with Crippen molar-refractivity contribution in [3.8, 4) is 17.2 Å². The number of esters is 2. The maximum absolute atomic E-state index is 13.7. The lowest BCUT2D eigenvalue weighted by Crippen LogP contribution is -2.16. The van der Waals surface area contributed by atoms with Crippen LogP contribution in [0.2, 0.25) is 0 Å². The van der Waals surface area contributed by atoms with Crippen molar-refractivity contribution in [3.05, 3.63) is 64.0 Å². The van der Waals surface area contributed by atoms with E-state index in [1.165, 1.54) is 36.4 Å². The third-order valence-corrected chi connectivity index (χ3v) is 4.52. The van der Waals surface area contributed by atoms with Crippen molar-refractivity contribution in [1.29, 1.82) is 0 Å². The van der Waals surface area contributed by atoms with Gasteiger partial charge in [-0.1, -0.05) is 20.8 Å². The lowest BCUT2D eigenvalue weighted by molar-refractivity contribution is -0.154. The number of hydrogen-bond acceptors (Lipinski definition) is 7. The standard InChI is InChI=1S/C24H21F3O7/c1-4-11-31-23(30)14-5-7-15(8-6-14)32-20-19(28)17-10-9-16(33-22(29)13(2)3)12-18(17)34-21(20)24(25,26)27/h5-10,12-13H,4,11H2,1-3H3. The van der Waals surface area contributed by atoms with Gasteiger partial charge in [-0.2, -0.15) is 13.2 Å². The lowest BCUT2D eigenvalue weighted by Gasteiger charge is -2.14. The van der Waals surface area contributed by atoms with E-state index in [1.54, 1.807) is 13.8 Å². The second-order valence-corrected chi connectivity index (χ2v) is 7.58. The molecule has 1 aromatic heterocycles. The van der Waals surface area contributed by atoms with Gasteiger partial charge in [-0.05, 0) is 42.8 Å². The third kappa shape index (κ3) is 5.56. The van der Waals surface area contributed by atoms with E-state index < -0.39 is 46.6 Å². The van der Waals surface area contributed by atoms with Crippen molar-refractivity contribution in [3.63, 3.8) is 0 Å². The highest BCUT2D eigenvalue weighted by molar-refractivity contribution is 5.89. The Morgan fingerprint density at radius 2 is 1.68 bits per heavy atom. The molecule has 10 heteroatoms. The molecule has 3 aromatic rings. The summed E-state index contributed by atoms with van der Waals surface area (Å²) in [6, 6.07) is 8.57. The van der Waals surface area contributed by atoms with Crippen molar-refractivity contribution in [2.75, 3.05) is 6.61 Å². The molecule has 0 amide bonds. The van der Waals surface area contributed by atoms with Crippen molar-refractivity contribution < 1.29 is 41.4 Å². The summed E-state index contributed by atoms with van der Waals surface area (Å²) in [5.74, 6) is -4.56. The number of carbonyl (C=O) groups excluding carboxylic acids is 2. The van der Waals surface area contributed by atoms with E-state index in [0.717, 1.165) is 6.07 Å². The molecular formula is C24H21F3O7. The number of carbonyl (C=O) groups is 2. The van der Waals surface area contributed by atoms with Crippen LogP contribution in [-0.2, 0) is 15.7 Å². The quantitative estimate of drug-likeness (QED) is 0.316. The van der Waals surface area contributed by atoms with E-state index in [2.05, 4.69) is 0 Å². The lowest BCUT2D eigenvalue weighted by atomic mass is 10.2. The van der Waals surface area contributed by atoms with Gasteiger partial charge in [-0.25, -0.2) is 4.79 Å².